The predicted molar refractivity (Wildman–Crippen MR) is 237 cm³/mol. The molecule has 0 spiro atoms. The minimum absolute atomic E-state index is 0.0590. The second-order valence-corrected chi connectivity index (χ2v) is 18.5. The highest BCUT2D eigenvalue weighted by Crippen LogP contribution is 2.34. The molecule has 2 aliphatic rings. The molecule has 0 radical (unpaired) electrons. The highest BCUT2D eigenvalue weighted by atomic mass is 35.5. The van der Waals surface area contributed by atoms with Crippen LogP contribution in [-0.2, 0) is 45.6 Å². The van der Waals surface area contributed by atoms with E-state index in [-0.39, 0.29) is 44.1 Å². The van der Waals surface area contributed by atoms with Crippen LogP contribution in [0, 0.1) is 11.8 Å². The first-order valence-corrected chi connectivity index (χ1v) is 22.1. The second kappa shape index (κ2) is 21.6. The van der Waals surface area contributed by atoms with E-state index >= 15 is 0 Å². The van der Waals surface area contributed by atoms with Crippen molar-refractivity contribution in [2.45, 2.75) is 134 Å². The summed E-state index contributed by atoms with van der Waals surface area (Å²) in [4.78, 5) is 100. The van der Waals surface area contributed by atoms with Crippen molar-refractivity contribution in [3.63, 3.8) is 0 Å². The Balaban J connectivity index is 1.62. The highest BCUT2D eigenvalue weighted by molar-refractivity contribution is 6.33. The van der Waals surface area contributed by atoms with E-state index in [1.165, 1.54) is 30.8 Å². The van der Waals surface area contributed by atoms with Gasteiger partial charge >= 0.3 is 0 Å². The molecule has 1 aliphatic heterocycles. The molecule has 4 rings (SSSR count). The van der Waals surface area contributed by atoms with Crippen LogP contribution in [0.1, 0.15) is 97.6 Å². The van der Waals surface area contributed by atoms with Gasteiger partial charge in [0.25, 0.3) is 5.91 Å². The molecule has 15 nitrogen and oxygen atoms in total. The quantitative estimate of drug-likeness (QED) is 0.175. The molecule has 17 heteroatoms. The number of carbonyl (C=O) groups excluding carboxylic acids is 7. The first-order valence-electron chi connectivity index (χ1n) is 21.4. The molecular formula is C45H63Cl2N7O8. The maximum atomic E-state index is 14.5. The summed E-state index contributed by atoms with van der Waals surface area (Å²) in [7, 11) is 2.93. The van der Waals surface area contributed by atoms with E-state index in [1.807, 2.05) is 13.8 Å². The van der Waals surface area contributed by atoms with Crippen molar-refractivity contribution in [2.75, 3.05) is 20.6 Å². The van der Waals surface area contributed by atoms with Crippen molar-refractivity contribution in [3.05, 3.63) is 69.7 Å². The number of rotatable bonds is 13. The molecule has 2 aromatic carbocycles. The summed E-state index contributed by atoms with van der Waals surface area (Å²) < 4.78 is 0. The van der Waals surface area contributed by atoms with Gasteiger partial charge in [-0.2, -0.15) is 0 Å². The summed E-state index contributed by atoms with van der Waals surface area (Å²) in [5, 5.41) is 25.8. The van der Waals surface area contributed by atoms with Gasteiger partial charge in [-0.1, -0.05) is 74.3 Å². The fourth-order valence-corrected chi connectivity index (χ4v) is 7.88. The number of hydrogen-bond acceptors (Lipinski definition) is 8. The van der Waals surface area contributed by atoms with Crippen molar-refractivity contribution >= 4 is 64.6 Å². The van der Waals surface area contributed by atoms with Gasteiger partial charge in [-0.25, -0.2) is 0 Å². The summed E-state index contributed by atoms with van der Waals surface area (Å²) >= 11 is 12.8. The number of likely N-dealkylation sites (N-methyl/N-ethyl adjacent to an activating group) is 2. The predicted octanol–water partition coefficient (Wildman–Crippen LogP) is 3.61. The lowest BCUT2D eigenvalue weighted by Crippen LogP contribution is -2.62. The van der Waals surface area contributed by atoms with E-state index < -0.39 is 82.7 Å². The van der Waals surface area contributed by atoms with E-state index in [0.717, 1.165) is 0 Å². The molecule has 2 aromatic rings. The van der Waals surface area contributed by atoms with Gasteiger partial charge in [-0.3, -0.25) is 33.6 Å². The molecule has 6 N–H and O–H groups in total. The van der Waals surface area contributed by atoms with Gasteiger partial charge in [-0.05, 0) is 107 Å². The van der Waals surface area contributed by atoms with Crippen LogP contribution in [0.4, 0.5) is 0 Å². The maximum Gasteiger partial charge on any atom is 0.256 e. The zero-order chi connectivity index (χ0) is 46.1. The van der Waals surface area contributed by atoms with Gasteiger partial charge in [0, 0.05) is 37.1 Å². The molecule has 1 aliphatic carbocycles. The van der Waals surface area contributed by atoms with Gasteiger partial charge in [0.15, 0.2) is 5.60 Å². The van der Waals surface area contributed by atoms with Crippen LogP contribution in [0.2, 0.25) is 10.0 Å². The Bertz CT molecular complexity index is 1960. The molecule has 1 saturated heterocycles. The van der Waals surface area contributed by atoms with Crippen molar-refractivity contribution in [3.8, 4) is 0 Å². The number of hydrogen-bond donors (Lipinski definition) is 6. The summed E-state index contributed by atoms with van der Waals surface area (Å²) in [6.45, 7) is 10.1. The van der Waals surface area contributed by atoms with Crippen LogP contribution in [0.25, 0.3) is 0 Å². The lowest BCUT2D eigenvalue weighted by atomic mass is 9.94. The highest BCUT2D eigenvalue weighted by Gasteiger charge is 2.44. The molecule has 2 fully saturated rings. The van der Waals surface area contributed by atoms with Gasteiger partial charge in [0.1, 0.15) is 35.7 Å². The van der Waals surface area contributed by atoms with Crippen molar-refractivity contribution in [2.24, 2.45) is 11.8 Å². The smallest absolute Gasteiger partial charge is 0.256 e. The molecule has 1 heterocycles. The van der Waals surface area contributed by atoms with Crippen LogP contribution in [0.3, 0.4) is 0 Å². The Kier molecular flexibility index (Phi) is 17.4. The lowest BCUT2D eigenvalue weighted by Gasteiger charge is -2.36. The molecule has 0 bridgehead atoms. The van der Waals surface area contributed by atoms with Crippen LogP contribution >= 0.6 is 23.2 Å². The van der Waals surface area contributed by atoms with Gasteiger partial charge in [0.2, 0.25) is 35.4 Å². The lowest BCUT2D eigenvalue weighted by molar-refractivity contribution is -0.146. The number of nitrogens with one attached hydrogen (secondary N) is 5. The topological polar surface area (TPSA) is 206 Å². The average Bonchev–Trinajstić information content (AvgIpc) is 4.07. The van der Waals surface area contributed by atoms with Crippen LogP contribution in [-0.4, -0.2) is 113 Å². The fraction of sp³-hybridized carbons (Fsp3) is 0.578. The van der Waals surface area contributed by atoms with Crippen molar-refractivity contribution < 1.29 is 38.7 Å². The number of halogens is 2. The first kappa shape index (κ1) is 49.9. The maximum absolute atomic E-state index is 14.5. The number of aliphatic hydroxyl groups is 1. The zero-order valence-corrected chi connectivity index (χ0v) is 38.5. The number of benzene rings is 2. The van der Waals surface area contributed by atoms with Crippen LogP contribution < -0.4 is 26.6 Å². The monoisotopic (exact) mass is 899 g/mol. The molecular weight excluding hydrogens is 837 g/mol. The molecule has 6 atom stereocenters. The Morgan fingerprint density at radius 2 is 1.65 bits per heavy atom. The largest absolute Gasteiger partial charge is 0.376 e. The molecule has 62 heavy (non-hydrogen) atoms. The number of amides is 7. The Hall–Kier alpha value is -4.73. The SMILES string of the molecule is CC[C@H](NC(=O)[C@](C)(O)c1ccccc1)C(=O)N[C@H](C(=O)N(C)[C@H]1CCCCNC(=O)C(C)(C)NC(=O)[C@H](Cc2cc(Cl)ccc2Cl)N(C)C(=O)[C@H](CC(C)C)NC1=O)C1CC1. The van der Waals surface area contributed by atoms with Crippen molar-refractivity contribution in [1.29, 1.82) is 0 Å². The molecule has 0 aromatic heterocycles. The minimum Gasteiger partial charge on any atom is -0.376 e. The molecule has 1 saturated carbocycles. The van der Waals surface area contributed by atoms with Crippen LogP contribution in [0.15, 0.2) is 48.5 Å². The summed E-state index contributed by atoms with van der Waals surface area (Å²) in [5.41, 5.74) is -2.48. The van der Waals surface area contributed by atoms with Gasteiger partial charge in [-0.15, -0.1) is 0 Å². The van der Waals surface area contributed by atoms with E-state index in [4.69, 9.17) is 23.2 Å². The molecule has 340 valence electrons. The third-order valence-corrected chi connectivity index (χ3v) is 12.2. The van der Waals surface area contributed by atoms with Crippen molar-refractivity contribution in [1.82, 2.24) is 36.4 Å². The standard InChI is InChI=1S/C45H63Cl2N7O8/c1-9-32(50-43(61)45(6,62)29-15-11-10-12-16-29)37(55)51-36(27-18-19-27)41(59)53(7)34-17-13-14-22-48-42(60)44(4,5)52-39(57)35(25-28-24-30(46)20-21-31(28)47)54(8)40(58)33(23-26(2)3)49-38(34)56/h10-12,15-16,20-21,24,26-27,32-36,62H,9,13-14,17-19,22-23,25H2,1-8H3,(H,48,60)(H,49,56)(H,50,61)(H,51,55)(H,52,57)/t32-,33-,34-,35-,36-,45+/m0/s1. The summed E-state index contributed by atoms with van der Waals surface area (Å²) in [5.74, 6) is -4.49. The van der Waals surface area contributed by atoms with Crippen LogP contribution in [0.5, 0.6) is 0 Å². The summed E-state index contributed by atoms with van der Waals surface area (Å²) in [6, 6.07) is 7.61. The van der Waals surface area contributed by atoms with E-state index in [9.17, 15) is 38.7 Å². The van der Waals surface area contributed by atoms with E-state index in [1.54, 1.807) is 69.3 Å². The molecule has 0 unspecified atom stereocenters. The molecule has 7 amide bonds. The zero-order valence-electron chi connectivity index (χ0n) is 37.0. The number of carbonyl (C=O) groups is 7. The third kappa shape index (κ3) is 12.9. The van der Waals surface area contributed by atoms with Gasteiger partial charge < -0.3 is 41.5 Å². The third-order valence-electron chi connectivity index (χ3n) is 11.6. The van der Waals surface area contributed by atoms with Gasteiger partial charge in [0.05, 0.1) is 0 Å². The first-order chi connectivity index (χ1) is 29.1. The summed E-state index contributed by atoms with van der Waals surface area (Å²) in [6.07, 6.45) is 2.56. The number of nitrogens with zero attached hydrogens (tertiary/aromatic N) is 2. The second-order valence-electron chi connectivity index (χ2n) is 17.6. The van der Waals surface area contributed by atoms with E-state index in [0.29, 0.717) is 46.9 Å². The Morgan fingerprint density at radius 3 is 2.26 bits per heavy atom. The fourth-order valence-electron chi connectivity index (χ4n) is 7.49. The normalized spacial score (nSPS) is 22.3. The Morgan fingerprint density at radius 1 is 0.984 bits per heavy atom. The Labute approximate surface area is 374 Å². The average molecular weight is 901 g/mol. The minimum atomic E-state index is -1.93. The van der Waals surface area contributed by atoms with E-state index in [2.05, 4.69) is 26.6 Å².